The van der Waals surface area contributed by atoms with Crippen LogP contribution in [0, 0.1) is 0 Å². The van der Waals surface area contributed by atoms with E-state index in [0.717, 1.165) is 11.3 Å². The van der Waals surface area contributed by atoms with Gasteiger partial charge >= 0.3 is 0 Å². The number of carbonyl (C=O) groups excluding carboxylic acids is 1. The number of ether oxygens (including phenoxy) is 1. The lowest BCUT2D eigenvalue weighted by Crippen LogP contribution is -2.34. The van der Waals surface area contributed by atoms with E-state index in [1.165, 1.54) is 0 Å². The van der Waals surface area contributed by atoms with Crippen molar-refractivity contribution in [2.75, 3.05) is 33.1 Å². The Bertz CT molecular complexity index is 410. The standard InChI is InChI=1S/C14H21BrN2O2/c1-17(2)13(10-16-14(18)7-8-15)11-5-4-6-12(9-11)19-3/h4-6,9,13H,7-8,10H2,1-3H3,(H,16,18). The van der Waals surface area contributed by atoms with Crippen molar-refractivity contribution >= 4 is 21.8 Å². The lowest BCUT2D eigenvalue weighted by molar-refractivity contribution is -0.120. The summed E-state index contributed by atoms with van der Waals surface area (Å²) in [6, 6.07) is 8.06. The average Bonchev–Trinajstić information content (AvgIpc) is 2.39. The normalized spacial score (nSPS) is 12.3. The number of alkyl halides is 1. The summed E-state index contributed by atoms with van der Waals surface area (Å²) in [6.45, 7) is 0.589. The first-order valence-electron chi connectivity index (χ1n) is 6.21. The molecule has 4 nitrogen and oxygen atoms in total. The van der Waals surface area contributed by atoms with Crippen LogP contribution in [0.2, 0.25) is 0 Å². The summed E-state index contributed by atoms with van der Waals surface area (Å²) in [5.41, 5.74) is 1.13. The van der Waals surface area contributed by atoms with Gasteiger partial charge in [-0.2, -0.15) is 0 Å². The number of nitrogens with one attached hydrogen (secondary N) is 1. The molecule has 5 heteroatoms. The fourth-order valence-corrected chi connectivity index (χ4v) is 2.19. The molecule has 0 bridgehead atoms. The Morgan fingerprint density at radius 3 is 2.79 bits per heavy atom. The van der Waals surface area contributed by atoms with Gasteiger partial charge in [-0.25, -0.2) is 0 Å². The number of methoxy groups -OCH3 is 1. The highest BCUT2D eigenvalue weighted by atomic mass is 79.9. The highest BCUT2D eigenvalue weighted by Gasteiger charge is 2.15. The summed E-state index contributed by atoms with van der Waals surface area (Å²) >= 11 is 3.26. The van der Waals surface area contributed by atoms with Crippen LogP contribution in [-0.2, 0) is 4.79 Å². The predicted octanol–water partition coefficient (Wildman–Crippen LogP) is 2.20. The number of hydrogen-bond donors (Lipinski definition) is 1. The Morgan fingerprint density at radius 1 is 1.47 bits per heavy atom. The van der Waals surface area contributed by atoms with E-state index in [9.17, 15) is 4.79 Å². The Balaban J connectivity index is 2.73. The smallest absolute Gasteiger partial charge is 0.220 e. The molecule has 1 N–H and O–H groups in total. The van der Waals surface area contributed by atoms with Crippen molar-refractivity contribution < 1.29 is 9.53 Å². The number of nitrogens with zero attached hydrogens (tertiary/aromatic N) is 1. The zero-order valence-electron chi connectivity index (χ0n) is 11.6. The van der Waals surface area contributed by atoms with Crippen LogP contribution < -0.4 is 10.1 Å². The van der Waals surface area contributed by atoms with Crippen molar-refractivity contribution in [1.29, 1.82) is 0 Å². The Morgan fingerprint density at radius 2 is 2.21 bits per heavy atom. The Labute approximate surface area is 123 Å². The van der Waals surface area contributed by atoms with Crippen molar-refractivity contribution in [2.45, 2.75) is 12.5 Å². The second-order valence-corrected chi connectivity index (χ2v) is 5.29. The zero-order chi connectivity index (χ0) is 14.3. The third-order valence-corrected chi connectivity index (χ3v) is 3.31. The number of benzene rings is 1. The van der Waals surface area contributed by atoms with Crippen LogP contribution in [0.15, 0.2) is 24.3 Å². The molecule has 0 aliphatic heterocycles. The predicted molar refractivity (Wildman–Crippen MR) is 80.8 cm³/mol. The highest BCUT2D eigenvalue weighted by molar-refractivity contribution is 9.09. The van der Waals surface area contributed by atoms with Crippen LogP contribution >= 0.6 is 15.9 Å². The fourth-order valence-electron chi connectivity index (χ4n) is 1.83. The molecule has 0 saturated heterocycles. The first-order chi connectivity index (χ1) is 9.08. The van der Waals surface area contributed by atoms with E-state index in [2.05, 4.69) is 26.1 Å². The topological polar surface area (TPSA) is 41.6 Å². The number of hydrogen-bond acceptors (Lipinski definition) is 3. The lowest BCUT2D eigenvalue weighted by Gasteiger charge is -2.25. The van der Waals surface area contributed by atoms with Gasteiger partial charge in [0, 0.05) is 18.3 Å². The maximum atomic E-state index is 11.5. The maximum absolute atomic E-state index is 11.5. The Kier molecular flexibility index (Phi) is 6.87. The van der Waals surface area contributed by atoms with Gasteiger partial charge in [-0.1, -0.05) is 28.1 Å². The van der Waals surface area contributed by atoms with Gasteiger partial charge in [-0.3, -0.25) is 4.79 Å². The van der Waals surface area contributed by atoms with Crippen molar-refractivity contribution in [2.24, 2.45) is 0 Å². The van der Waals surface area contributed by atoms with Crippen LogP contribution in [0.1, 0.15) is 18.0 Å². The minimum absolute atomic E-state index is 0.0617. The van der Waals surface area contributed by atoms with E-state index in [-0.39, 0.29) is 11.9 Å². The molecule has 0 aliphatic rings. The highest BCUT2D eigenvalue weighted by Crippen LogP contribution is 2.22. The molecule has 0 aliphatic carbocycles. The molecule has 1 amide bonds. The first-order valence-corrected chi connectivity index (χ1v) is 7.33. The monoisotopic (exact) mass is 328 g/mol. The van der Waals surface area contributed by atoms with Crippen LogP contribution in [0.4, 0.5) is 0 Å². The fraction of sp³-hybridized carbons (Fsp3) is 0.500. The number of rotatable bonds is 7. The van der Waals surface area contributed by atoms with Gasteiger partial charge in [0.05, 0.1) is 13.2 Å². The second-order valence-electron chi connectivity index (χ2n) is 4.50. The van der Waals surface area contributed by atoms with E-state index in [0.29, 0.717) is 18.3 Å². The number of carbonyl (C=O) groups is 1. The molecule has 0 radical (unpaired) electrons. The zero-order valence-corrected chi connectivity index (χ0v) is 13.2. The number of likely N-dealkylation sites (N-methyl/N-ethyl adjacent to an activating group) is 1. The minimum Gasteiger partial charge on any atom is -0.497 e. The molecule has 0 aromatic heterocycles. The molecule has 0 spiro atoms. The van der Waals surface area contributed by atoms with Crippen LogP contribution in [0.5, 0.6) is 5.75 Å². The van der Waals surface area contributed by atoms with Crippen LogP contribution in [-0.4, -0.2) is 43.9 Å². The van der Waals surface area contributed by atoms with Crippen molar-refractivity contribution in [3.8, 4) is 5.75 Å². The van der Waals surface area contributed by atoms with Gasteiger partial charge in [-0.15, -0.1) is 0 Å². The van der Waals surface area contributed by atoms with Crippen molar-refractivity contribution in [1.82, 2.24) is 10.2 Å². The molecule has 1 aromatic rings. The quantitative estimate of drug-likeness (QED) is 0.780. The molecular weight excluding hydrogens is 308 g/mol. The summed E-state index contributed by atoms with van der Waals surface area (Å²) < 4.78 is 5.24. The lowest BCUT2D eigenvalue weighted by atomic mass is 10.1. The van der Waals surface area contributed by atoms with E-state index in [1.807, 2.05) is 38.4 Å². The molecule has 1 rings (SSSR count). The molecular formula is C14H21BrN2O2. The summed E-state index contributed by atoms with van der Waals surface area (Å²) in [6.07, 6.45) is 0.498. The SMILES string of the molecule is COc1cccc(C(CNC(=O)CCBr)N(C)C)c1. The molecule has 19 heavy (non-hydrogen) atoms. The van der Waals surface area contributed by atoms with Crippen molar-refractivity contribution in [3.63, 3.8) is 0 Å². The van der Waals surface area contributed by atoms with Crippen LogP contribution in [0.25, 0.3) is 0 Å². The Hall–Kier alpha value is -1.07. The molecule has 1 unspecified atom stereocenters. The molecule has 1 aromatic carbocycles. The van der Waals surface area contributed by atoms with E-state index in [4.69, 9.17) is 4.74 Å². The van der Waals surface area contributed by atoms with Gasteiger partial charge in [0.2, 0.25) is 5.91 Å². The molecule has 106 valence electrons. The molecule has 0 saturated carbocycles. The van der Waals surface area contributed by atoms with Gasteiger partial charge in [0.25, 0.3) is 0 Å². The van der Waals surface area contributed by atoms with E-state index in [1.54, 1.807) is 7.11 Å². The minimum atomic E-state index is 0.0617. The summed E-state index contributed by atoms with van der Waals surface area (Å²) in [5.74, 6) is 0.891. The summed E-state index contributed by atoms with van der Waals surface area (Å²) in [7, 11) is 5.66. The third-order valence-electron chi connectivity index (χ3n) is 2.92. The summed E-state index contributed by atoms with van der Waals surface area (Å²) in [5, 5.41) is 3.63. The van der Waals surface area contributed by atoms with Gasteiger partial charge < -0.3 is 15.0 Å². The molecule has 1 atom stereocenters. The number of amides is 1. The second kappa shape index (κ2) is 8.17. The molecule has 0 fully saturated rings. The molecule has 0 heterocycles. The number of halogens is 1. The largest absolute Gasteiger partial charge is 0.497 e. The van der Waals surface area contributed by atoms with Crippen molar-refractivity contribution in [3.05, 3.63) is 29.8 Å². The van der Waals surface area contributed by atoms with Gasteiger partial charge in [-0.05, 0) is 31.8 Å². The maximum Gasteiger partial charge on any atom is 0.220 e. The third kappa shape index (κ3) is 5.20. The summed E-state index contributed by atoms with van der Waals surface area (Å²) in [4.78, 5) is 13.6. The van der Waals surface area contributed by atoms with Gasteiger partial charge in [0.15, 0.2) is 0 Å². The van der Waals surface area contributed by atoms with Gasteiger partial charge in [0.1, 0.15) is 5.75 Å². The average molecular weight is 329 g/mol. The van der Waals surface area contributed by atoms with E-state index >= 15 is 0 Å². The first kappa shape index (κ1) is 16.0. The van der Waals surface area contributed by atoms with E-state index < -0.39 is 0 Å². The van der Waals surface area contributed by atoms with Crippen LogP contribution in [0.3, 0.4) is 0 Å².